The SMILES string of the molecule is Cc1ccc([I+]c2ccc(C)cc2F)c(F)c1. The zero-order valence-electron chi connectivity index (χ0n) is 9.60. The lowest BCUT2D eigenvalue weighted by molar-refractivity contribution is -0.603. The summed E-state index contributed by atoms with van der Waals surface area (Å²) in [6.07, 6.45) is 0. The Kier molecular flexibility index (Phi) is 3.76. The van der Waals surface area contributed by atoms with Crippen LogP contribution in [0.3, 0.4) is 0 Å². The zero-order chi connectivity index (χ0) is 12.4. The van der Waals surface area contributed by atoms with Gasteiger partial charge in [0, 0.05) is 0 Å². The molecule has 0 N–H and O–H groups in total. The molecule has 0 unspecified atom stereocenters. The minimum absolute atomic E-state index is 0.224. The lowest BCUT2D eigenvalue weighted by Crippen LogP contribution is -3.62. The van der Waals surface area contributed by atoms with Gasteiger partial charge in [0.1, 0.15) is 0 Å². The van der Waals surface area contributed by atoms with E-state index in [2.05, 4.69) is 0 Å². The average molecular weight is 345 g/mol. The highest BCUT2D eigenvalue weighted by molar-refractivity contribution is 5.16. The normalized spacial score (nSPS) is 10.6. The molecule has 2 aromatic rings. The van der Waals surface area contributed by atoms with Gasteiger partial charge in [0.05, 0.1) is 0 Å². The molecule has 0 nitrogen and oxygen atoms in total. The highest BCUT2D eigenvalue weighted by Gasteiger charge is 2.23. The van der Waals surface area contributed by atoms with Gasteiger partial charge in [-0.2, -0.15) is 0 Å². The van der Waals surface area contributed by atoms with Crippen molar-refractivity contribution < 1.29 is 30.0 Å². The van der Waals surface area contributed by atoms with Crippen LogP contribution in [0.5, 0.6) is 0 Å². The fourth-order valence-electron chi connectivity index (χ4n) is 1.47. The number of rotatable bonds is 2. The largest absolute Gasteiger partial charge is 0.364 e. The van der Waals surface area contributed by atoms with Gasteiger partial charge in [0.15, 0.2) is 11.6 Å². The summed E-state index contributed by atoms with van der Waals surface area (Å²) in [4.78, 5) is 0. The van der Waals surface area contributed by atoms with Gasteiger partial charge in [-0.05, 0) is 49.2 Å². The molecular formula is C14H12F2I+. The third-order valence-corrected chi connectivity index (χ3v) is 5.27. The van der Waals surface area contributed by atoms with E-state index in [9.17, 15) is 8.78 Å². The minimum atomic E-state index is -0.790. The molecule has 88 valence electrons. The van der Waals surface area contributed by atoms with Gasteiger partial charge in [-0.25, -0.2) is 8.78 Å². The zero-order valence-corrected chi connectivity index (χ0v) is 11.8. The van der Waals surface area contributed by atoms with Crippen molar-refractivity contribution in [1.29, 1.82) is 0 Å². The van der Waals surface area contributed by atoms with Crippen LogP contribution in [0.1, 0.15) is 11.1 Å². The summed E-state index contributed by atoms with van der Waals surface area (Å²) < 4.78 is 28.6. The first-order valence-electron chi connectivity index (χ1n) is 5.23. The van der Waals surface area contributed by atoms with Crippen LogP contribution in [-0.4, -0.2) is 0 Å². The summed E-state index contributed by atoms with van der Waals surface area (Å²) in [6, 6.07) is 10.3. The Labute approximate surface area is 110 Å². The van der Waals surface area contributed by atoms with Gasteiger partial charge in [0.2, 0.25) is 7.14 Å². The molecule has 0 spiro atoms. The maximum Gasteiger partial charge on any atom is 0.364 e. The molecule has 0 heterocycles. The molecule has 0 fully saturated rings. The van der Waals surface area contributed by atoms with Crippen LogP contribution in [0.15, 0.2) is 36.4 Å². The van der Waals surface area contributed by atoms with Crippen LogP contribution in [0.25, 0.3) is 0 Å². The van der Waals surface area contributed by atoms with Gasteiger partial charge in [0.25, 0.3) is 0 Å². The van der Waals surface area contributed by atoms with Gasteiger partial charge < -0.3 is 0 Å². The van der Waals surface area contributed by atoms with Crippen molar-refractivity contribution >= 4 is 0 Å². The van der Waals surface area contributed by atoms with Crippen molar-refractivity contribution in [3.8, 4) is 0 Å². The van der Waals surface area contributed by atoms with E-state index < -0.39 is 21.2 Å². The van der Waals surface area contributed by atoms with E-state index in [1.54, 1.807) is 12.1 Å². The van der Waals surface area contributed by atoms with Gasteiger partial charge in [-0.15, -0.1) is 0 Å². The van der Waals surface area contributed by atoms with Crippen LogP contribution < -0.4 is 21.2 Å². The molecule has 0 saturated heterocycles. The first-order valence-corrected chi connectivity index (χ1v) is 7.39. The predicted molar refractivity (Wildman–Crippen MR) is 59.7 cm³/mol. The minimum Gasteiger partial charge on any atom is -0.202 e. The first-order chi connectivity index (χ1) is 8.06. The molecule has 0 bridgehead atoms. The molecule has 3 heteroatoms. The van der Waals surface area contributed by atoms with Crippen LogP contribution >= 0.6 is 0 Å². The highest BCUT2D eigenvalue weighted by Crippen LogP contribution is 2.03. The van der Waals surface area contributed by atoms with E-state index >= 15 is 0 Å². The smallest absolute Gasteiger partial charge is 0.202 e. The van der Waals surface area contributed by atoms with Gasteiger partial charge in [-0.3, -0.25) is 0 Å². The Morgan fingerprint density at radius 1 is 0.765 bits per heavy atom. The maximum absolute atomic E-state index is 13.7. The molecule has 0 aliphatic carbocycles. The Bertz CT molecular complexity index is 500. The van der Waals surface area contributed by atoms with Gasteiger partial charge in [-0.1, -0.05) is 12.1 Å². The average Bonchev–Trinajstić information content (AvgIpc) is 2.25. The second-order valence-corrected chi connectivity index (χ2v) is 6.79. The molecule has 0 aliphatic rings. The summed E-state index contributed by atoms with van der Waals surface area (Å²) >= 11 is -0.790. The Morgan fingerprint density at radius 3 is 1.53 bits per heavy atom. The van der Waals surface area contributed by atoms with Crippen LogP contribution in [-0.2, 0) is 0 Å². The second-order valence-electron chi connectivity index (χ2n) is 3.93. The standard InChI is InChI=1S/C14H12F2I/c1-9-3-5-13(11(15)7-9)17-14-6-4-10(2)8-12(14)16/h3-8H,1-2H3/q+1. The van der Waals surface area contributed by atoms with Crippen molar-refractivity contribution in [2.75, 3.05) is 0 Å². The van der Waals surface area contributed by atoms with Crippen molar-refractivity contribution in [3.05, 3.63) is 66.3 Å². The molecule has 0 amide bonds. The summed E-state index contributed by atoms with van der Waals surface area (Å²) in [5, 5.41) is 0. The van der Waals surface area contributed by atoms with Crippen molar-refractivity contribution in [2.45, 2.75) is 13.8 Å². The summed E-state index contributed by atoms with van der Waals surface area (Å²) in [7, 11) is 0. The molecule has 0 aliphatic heterocycles. The third kappa shape index (κ3) is 3.03. The molecule has 17 heavy (non-hydrogen) atoms. The molecule has 0 aromatic heterocycles. The number of benzene rings is 2. The number of aryl methyl sites for hydroxylation is 2. The summed E-state index contributed by atoms with van der Waals surface area (Å²) in [5.74, 6) is -0.449. The quantitative estimate of drug-likeness (QED) is 0.704. The molecule has 0 saturated carbocycles. The number of hydrogen-bond donors (Lipinski definition) is 0. The van der Waals surface area contributed by atoms with E-state index in [4.69, 9.17) is 0 Å². The highest BCUT2D eigenvalue weighted by atomic mass is 127. The Morgan fingerprint density at radius 2 is 1.18 bits per heavy atom. The van der Waals surface area contributed by atoms with Crippen molar-refractivity contribution in [1.82, 2.24) is 0 Å². The topological polar surface area (TPSA) is 0 Å². The van der Waals surface area contributed by atoms with Crippen molar-refractivity contribution in [3.63, 3.8) is 0 Å². The Hall–Kier alpha value is -0.970. The van der Waals surface area contributed by atoms with E-state index in [-0.39, 0.29) is 11.6 Å². The fourth-order valence-corrected chi connectivity index (χ4v) is 3.64. The fraction of sp³-hybridized carbons (Fsp3) is 0.143. The summed E-state index contributed by atoms with van der Waals surface area (Å²) in [6.45, 7) is 3.69. The van der Waals surface area contributed by atoms with Crippen LogP contribution in [0.2, 0.25) is 0 Å². The van der Waals surface area contributed by atoms with E-state index in [1.165, 1.54) is 12.1 Å². The molecule has 2 aromatic carbocycles. The number of hydrogen-bond acceptors (Lipinski definition) is 0. The lowest BCUT2D eigenvalue weighted by Gasteiger charge is -1.95. The second kappa shape index (κ2) is 5.12. The summed E-state index contributed by atoms with van der Waals surface area (Å²) in [5.41, 5.74) is 1.78. The van der Waals surface area contributed by atoms with E-state index in [1.807, 2.05) is 26.0 Å². The third-order valence-electron chi connectivity index (χ3n) is 2.35. The number of halogens is 3. The Balaban J connectivity index is 2.31. The van der Waals surface area contributed by atoms with Crippen LogP contribution in [0.4, 0.5) is 8.78 Å². The van der Waals surface area contributed by atoms with E-state index in [0.717, 1.165) is 11.1 Å². The maximum atomic E-state index is 13.7. The van der Waals surface area contributed by atoms with Gasteiger partial charge >= 0.3 is 21.2 Å². The molecule has 0 atom stereocenters. The van der Waals surface area contributed by atoms with E-state index in [0.29, 0.717) is 7.14 Å². The first kappa shape index (κ1) is 12.5. The van der Waals surface area contributed by atoms with Crippen LogP contribution in [0, 0.1) is 32.6 Å². The molecule has 2 rings (SSSR count). The molecule has 0 radical (unpaired) electrons. The lowest BCUT2D eigenvalue weighted by atomic mass is 10.2. The monoisotopic (exact) mass is 345 g/mol. The van der Waals surface area contributed by atoms with Crippen molar-refractivity contribution in [2.24, 2.45) is 0 Å². The predicted octanol–water partition coefficient (Wildman–Crippen LogP) is 0.710. The molecular weight excluding hydrogens is 333 g/mol.